The molecule has 0 rings (SSSR count). The van der Waals surface area contributed by atoms with Gasteiger partial charge < -0.3 is 0 Å². The molecule has 0 N–H and O–H groups in total. The number of hydrogen-bond acceptors (Lipinski definition) is 2. The number of allylic oxidation sites excluding steroid dienone is 2. The number of aliphatic imine (C=N–C) groups is 1. The lowest BCUT2D eigenvalue weighted by Crippen LogP contribution is -2.08. The van der Waals surface area contributed by atoms with Gasteiger partial charge >= 0.3 is 0 Å². The van der Waals surface area contributed by atoms with Crippen molar-refractivity contribution in [3.05, 3.63) is 11.6 Å². The number of Topliss-reactive ketones (excluding diaryl/α,β-unsaturated/α-hetero) is 1. The molecule has 0 aliphatic rings. The Morgan fingerprint density at radius 2 is 1.83 bits per heavy atom. The number of carbonyl (C=O) groups is 1. The summed E-state index contributed by atoms with van der Waals surface area (Å²) in [4.78, 5) is 14.9. The second kappa shape index (κ2) is 4.86. The molecule has 0 heterocycles. The summed E-state index contributed by atoms with van der Waals surface area (Å²) in [7, 11) is 1.64. The first-order chi connectivity index (χ1) is 5.49. The van der Waals surface area contributed by atoms with Crippen molar-refractivity contribution in [2.75, 3.05) is 7.05 Å². The maximum Gasteiger partial charge on any atom is 0.177 e. The Hall–Kier alpha value is -0.920. The summed E-state index contributed by atoms with van der Waals surface area (Å²) in [5.41, 5.74) is 1.74. The van der Waals surface area contributed by atoms with E-state index in [0.29, 0.717) is 11.6 Å². The molecule has 0 aromatic heterocycles. The Morgan fingerprint density at radius 3 is 2.08 bits per heavy atom. The van der Waals surface area contributed by atoms with Gasteiger partial charge in [-0.15, -0.1) is 0 Å². The van der Waals surface area contributed by atoms with Gasteiger partial charge in [0, 0.05) is 14.0 Å². The van der Waals surface area contributed by atoms with Gasteiger partial charge in [-0.25, -0.2) is 0 Å². The number of ketones is 1. The van der Waals surface area contributed by atoms with Crippen LogP contribution in [0.3, 0.4) is 0 Å². The van der Waals surface area contributed by atoms with E-state index in [1.54, 1.807) is 7.05 Å². The molecule has 68 valence electrons. The van der Waals surface area contributed by atoms with Crippen LogP contribution in [0.15, 0.2) is 16.6 Å². The lowest BCUT2D eigenvalue weighted by Gasteiger charge is -2.04. The molecule has 0 aromatic rings. The predicted molar refractivity (Wildman–Crippen MR) is 52.6 cm³/mol. The second-order valence-electron chi connectivity index (χ2n) is 3.21. The highest BCUT2D eigenvalue weighted by Crippen LogP contribution is 2.07. The van der Waals surface area contributed by atoms with Crippen molar-refractivity contribution in [3.8, 4) is 0 Å². The van der Waals surface area contributed by atoms with Crippen LogP contribution in [0.2, 0.25) is 0 Å². The molecule has 0 saturated carbocycles. The Labute approximate surface area is 74.4 Å². The van der Waals surface area contributed by atoms with E-state index in [-0.39, 0.29) is 5.78 Å². The molecule has 0 atom stereocenters. The zero-order valence-electron chi connectivity index (χ0n) is 8.51. The van der Waals surface area contributed by atoms with Crippen molar-refractivity contribution >= 4 is 11.5 Å². The third kappa shape index (κ3) is 3.46. The van der Waals surface area contributed by atoms with Crippen LogP contribution < -0.4 is 0 Å². The highest BCUT2D eigenvalue weighted by Gasteiger charge is 2.03. The fourth-order valence-corrected chi connectivity index (χ4v) is 0.706. The third-order valence-corrected chi connectivity index (χ3v) is 1.88. The Morgan fingerprint density at radius 1 is 1.33 bits per heavy atom. The van der Waals surface area contributed by atoms with Crippen LogP contribution >= 0.6 is 0 Å². The zero-order valence-corrected chi connectivity index (χ0v) is 8.51. The summed E-state index contributed by atoms with van der Waals surface area (Å²) < 4.78 is 0. The summed E-state index contributed by atoms with van der Waals surface area (Å²) in [6, 6.07) is 0. The van der Waals surface area contributed by atoms with E-state index < -0.39 is 0 Å². The molecule has 0 unspecified atom stereocenters. The molecule has 0 amide bonds. The quantitative estimate of drug-likeness (QED) is 0.593. The lowest BCUT2D eigenvalue weighted by molar-refractivity contribution is -0.111. The minimum Gasteiger partial charge on any atom is -0.293 e. The minimum atomic E-state index is 0.0255. The average Bonchev–Trinajstić information content (AvgIpc) is 1.98. The summed E-state index contributed by atoms with van der Waals surface area (Å²) in [5, 5.41) is 0. The van der Waals surface area contributed by atoms with Crippen LogP contribution in [-0.4, -0.2) is 18.5 Å². The van der Waals surface area contributed by atoms with Crippen molar-refractivity contribution in [2.24, 2.45) is 10.9 Å². The van der Waals surface area contributed by atoms with E-state index in [2.05, 4.69) is 18.8 Å². The smallest absolute Gasteiger partial charge is 0.177 e. The largest absolute Gasteiger partial charge is 0.293 e. The van der Waals surface area contributed by atoms with Gasteiger partial charge in [0.15, 0.2) is 5.78 Å². The Bertz CT molecular complexity index is 224. The molecule has 12 heavy (non-hydrogen) atoms. The highest BCUT2D eigenvalue weighted by molar-refractivity contribution is 6.43. The van der Waals surface area contributed by atoms with E-state index in [1.165, 1.54) is 12.5 Å². The standard InChI is InChI=1S/C10H17NO/c1-7(2)8(3)6-10(11-5)9(4)12/h6-7H,1-5H3/b8-6-,11-10?. The summed E-state index contributed by atoms with van der Waals surface area (Å²) in [6.07, 6.45) is 1.85. The molecular formula is C10H17NO. The van der Waals surface area contributed by atoms with Crippen molar-refractivity contribution in [1.29, 1.82) is 0 Å². The lowest BCUT2D eigenvalue weighted by atomic mass is 10.0. The molecule has 0 bridgehead atoms. The number of carbonyl (C=O) groups excluding carboxylic acids is 1. The fraction of sp³-hybridized carbons (Fsp3) is 0.600. The Kier molecular flexibility index (Phi) is 4.49. The molecule has 0 aliphatic heterocycles. The first kappa shape index (κ1) is 11.1. The second-order valence-corrected chi connectivity index (χ2v) is 3.21. The van der Waals surface area contributed by atoms with Crippen LogP contribution in [0, 0.1) is 5.92 Å². The number of nitrogens with zero attached hydrogens (tertiary/aromatic N) is 1. The molecule has 0 spiro atoms. The van der Waals surface area contributed by atoms with Crippen molar-refractivity contribution in [1.82, 2.24) is 0 Å². The van der Waals surface area contributed by atoms with Crippen molar-refractivity contribution in [2.45, 2.75) is 27.7 Å². The van der Waals surface area contributed by atoms with Gasteiger partial charge in [-0.05, 0) is 18.9 Å². The number of rotatable bonds is 3. The Balaban J connectivity index is 4.60. The average molecular weight is 167 g/mol. The SMILES string of the molecule is CN=C(/C=C(/C)C(C)C)C(C)=O. The van der Waals surface area contributed by atoms with Gasteiger partial charge in [0.2, 0.25) is 0 Å². The van der Waals surface area contributed by atoms with Crippen LogP contribution in [0.25, 0.3) is 0 Å². The topological polar surface area (TPSA) is 29.4 Å². The van der Waals surface area contributed by atoms with E-state index in [1.807, 2.05) is 13.0 Å². The van der Waals surface area contributed by atoms with Gasteiger partial charge in [0.1, 0.15) is 0 Å². The van der Waals surface area contributed by atoms with Crippen LogP contribution in [0.1, 0.15) is 27.7 Å². The molecule has 0 saturated heterocycles. The van der Waals surface area contributed by atoms with Crippen molar-refractivity contribution in [3.63, 3.8) is 0 Å². The molecular weight excluding hydrogens is 150 g/mol. The fourth-order valence-electron chi connectivity index (χ4n) is 0.706. The summed E-state index contributed by atoms with van der Waals surface area (Å²) >= 11 is 0. The van der Waals surface area contributed by atoms with Crippen molar-refractivity contribution < 1.29 is 4.79 Å². The maximum atomic E-state index is 11.0. The number of hydrogen-bond donors (Lipinski definition) is 0. The van der Waals surface area contributed by atoms with E-state index in [9.17, 15) is 4.79 Å². The van der Waals surface area contributed by atoms with Gasteiger partial charge in [0.25, 0.3) is 0 Å². The van der Waals surface area contributed by atoms with Gasteiger partial charge in [0.05, 0.1) is 5.71 Å². The third-order valence-electron chi connectivity index (χ3n) is 1.88. The first-order valence-electron chi connectivity index (χ1n) is 4.15. The predicted octanol–water partition coefficient (Wildman–Crippen LogP) is 2.25. The first-order valence-corrected chi connectivity index (χ1v) is 4.15. The van der Waals surface area contributed by atoms with Gasteiger partial charge in [-0.3, -0.25) is 9.79 Å². The summed E-state index contributed by atoms with van der Waals surface area (Å²) in [6.45, 7) is 7.74. The molecule has 0 radical (unpaired) electrons. The molecule has 2 nitrogen and oxygen atoms in total. The van der Waals surface area contributed by atoms with Crippen LogP contribution in [0.5, 0.6) is 0 Å². The normalized spacial score (nSPS) is 13.8. The summed E-state index contributed by atoms with van der Waals surface area (Å²) in [5.74, 6) is 0.499. The van der Waals surface area contributed by atoms with Gasteiger partial charge in [-0.1, -0.05) is 19.4 Å². The molecule has 2 heteroatoms. The zero-order chi connectivity index (χ0) is 9.72. The van der Waals surface area contributed by atoms with Crippen LogP contribution in [0.4, 0.5) is 0 Å². The van der Waals surface area contributed by atoms with Gasteiger partial charge in [-0.2, -0.15) is 0 Å². The maximum absolute atomic E-state index is 11.0. The van der Waals surface area contributed by atoms with E-state index >= 15 is 0 Å². The molecule has 0 aliphatic carbocycles. The molecule has 0 aromatic carbocycles. The minimum absolute atomic E-state index is 0.0255. The highest BCUT2D eigenvalue weighted by atomic mass is 16.1. The van der Waals surface area contributed by atoms with Crippen LogP contribution in [-0.2, 0) is 4.79 Å². The van der Waals surface area contributed by atoms with E-state index in [0.717, 1.165) is 0 Å². The molecule has 0 fully saturated rings. The van der Waals surface area contributed by atoms with E-state index in [4.69, 9.17) is 0 Å². The monoisotopic (exact) mass is 167 g/mol.